The molecule has 3 rings (SSSR count). The zero-order valence-corrected chi connectivity index (χ0v) is 11.6. The van der Waals surface area contributed by atoms with Gasteiger partial charge in [0.1, 0.15) is 0 Å². The van der Waals surface area contributed by atoms with Crippen LogP contribution in [0.5, 0.6) is 0 Å². The molecule has 18 heavy (non-hydrogen) atoms. The normalized spacial score (nSPS) is 18.2. The van der Waals surface area contributed by atoms with Crippen molar-refractivity contribution < 1.29 is 0 Å². The number of hydrogen-bond acceptors (Lipinski definition) is 2. The van der Waals surface area contributed by atoms with Crippen LogP contribution in [-0.2, 0) is 0 Å². The maximum Gasteiger partial charge on any atom is 0.0945 e. The van der Waals surface area contributed by atoms with Crippen LogP contribution in [0.25, 0.3) is 5.57 Å². The fourth-order valence-electron chi connectivity index (χ4n) is 2.75. The Morgan fingerprint density at radius 3 is 2.56 bits per heavy atom. The van der Waals surface area contributed by atoms with E-state index in [4.69, 9.17) is 0 Å². The van der Waals surface area contributed by atoms with Crippen LogP contribution in [0, 0.1) is 5.41 Å². The van der Waals surface area contributed by atoms with Gasteiger partial charge < -0.3 is 9.80 Å². The Morgan fingerprint density at radius 2 is 1.83 bits per heavy atom. The minimum atomic E-state index is 0.171. The van der Waals surface area contributed by atoms with E-state index in [1.165, 1.54) is 22.5 Å². The Bertz CT molecular complexity index is 546. The fourth-order valence-corrected chi connectivity index (χ4v) is 2.75. The predicted octanol–water partition coefficient (Wildman–Crippen LogP) is 3.68. The Labute approximate surface area is 109 Å². The summed E-state index contributed by atoms with van der Waals surface area (Å²) in [5.41, 5.74) is 5.61. The number of fused-ring (bicyclic) bond motifs is 3. The lowest BCUT2D eigenvalue weighted by molar-refractivity contribution is 0.495. The fraction of sp³-hybridized carbons (Fsp3) is 0.375. The molecule has 94 valence electrons. The van der Waals surface area contributed by atoms with Crippen molar-refractivity contribution in [1.29, 1.82) is 0 Å². The van der Waals surface area contributed by atoms with Gasteiger partial charge in [-0.05, 0) is 23.1 Å². The molecule has 2 aliphatic rings. The minimum Gasteiger partial charge on any atom is -0.361 e. The van der Waals surface area contributed by atoms with Crippen molar-refractivity contribution in [2.45, 2.75) is 20.8 Å². The third-order valence-corrected chi connectivity index (χ3v) is 3.61. The van der Waals surface area contributed by atoms with Crippen LogP contribution < -0.4 is 4.90 Å². The third-order valence-electron chi connectivity index (χ3n) is 3.61. The van der Waals surface area contributed by atoms with Crippen LogP contribution >= 0.6 is 0 Å². The number of rotatable bonds is 0. The standard InChI is InChI=1S/C16H20N2/c1-16(2,3)14-9-12-10-17(4)11-18(12)15-8-6-5-7-13(14)15/h5-10H,11H2,1-4H3. The van der Waals surface area contributed by atoms with Crippen LogP contribution in [0.15, 0.2) is 42.2 Å². The van der Waals surface area contributed by atoms with Crippen molar-refractivity contribution in [3.05, 3.63) is 47.8 Å². The second-order valence-corrected chi connectivity index (χ2v) is 6.21. The van der Waals surface area contributed by atoms with E-state index in [0.29, 0.717) is 0 Å². The van der Waals surface area contributed by atoms with Gasteiger partial charge in [0, 0.05) is 18.8 Å². The summed E-state index contributed by atoms with van der Waals surface area (Å²) in [5.74, 6) is 0. The van der Waals surface area contributed by atoms with Gasteiger partial charge in [-0.1, -0.05) is 39.0 Å². The van der Waals surface area contributed by atoms with E-state index in [0.717, 1.165) is 6.67 Å². The molecule has 0 saturated heterocycles. The molecule has 2 aliphatic heterocycles. The molecule has 2 heteroatoms. The van der Waals surface area contributed by atoms with Gasteiger partial charge in [-0.2, -0.15) is 0 Å². The van der Waals surface area contributed by atoms with Crippen molar-refractivity contribution in [2.24, 2.45) is 5.41 Å². The van der Waals surface area contributed by atoms with Gasteiger partial charge in [-0.25, -0.2) is 0 Å². The highest BCUT2D eigenvalue weighted by Gasteiger charge is 2.30. The smallest absolute Gasteiger partial charge is 0.0945 e. The van der Waals surface area contributed by atoms with Gasteiger partial charge in [0.2, 0.25) is 0 Å². The Kier molecular flexibility index (Phi) is 2.31. The summed E-state index contributed by atoms with van der Waals surface area (Å²) in [6.45, 7) is 7.79. The molecule has 1 aromatic rings. The summed E-state index contributed by atoms with van der Waals surface area (Å²) in [5, 5.41) is 0. The lowest BCUT2D eigenvalue weighted by Gasteiger charge is -2.34. The Balaban J connectivity index is 2.21. The lowest BCUT2D eigenvalue weighted by Crippen LogP contribution is -2.28. The summed E-state index contributed by atoms with van der Waals surface area (Å²) in [6.07, 6.45) is 4.56. The Morgan fingerprint density at radius 1 is 1.11 bits per heavy atom. The van der Waals surface area contributed by atoms with Crippen molar-refractivity contribution in [3.8, 4) is 0 Å². The van der Waals surface area contributed by atoms with Gasteiger partial charge >= 0.3 is 0 Å². The highest BCUT2D eigenvalue weighted by Crippen LogP contribution is 2.45. The average molecular weight is 240 g/mol. The largest absolute Gasteiger partial charge is 0.361 e. The molecule has 0 unspecified atom stereocenters. The number of nitrogens with zero attached hydrogens (tertiary/aromatic N) is 2. The van der Waals surface area contributed by atoms with E-state index in [1.54, 1.807) is 0 Å². The summed E-state index contributed by atoms with van der Waals surface area (Å²) < 4.78 is 0. The maximum absolute atomic E-state index is 2.38. The second kappa shape index (κ2) is 3.64. The second-order valence-electron chi connectivity index (χ2n) is 6.21. The first kappa shape index (κ1) is 11.4. The molecule has 0 spiro atoms. The average Bonchev–Trinajstić information content (AvgIpc) is 2.67. The number of benzene rings is 1. The van der Waals surface area contributed by atoms with Crippen LogP contribution in [-0.4, -0.2) is 18.6 Å². The van der Waals surface area contributed by atoms with E-state index in [9.17, 15) is 0 Å². The van der Waals surface area contributed by atoms with Crippen LogP contribution in [0.1, 0.15) is 26.3 Å². The van der Waals surface area contributed by atoms with Crippen molar-refractivity contribution in [2.75, 3.05) is 18.6 Å². The third kappa shape index (κ3) is 1.64. The van der Waals surface area contributed by atoms with Crippen molar-refractivity contribution in [1.82, 2.24) is 4.90 Å². The summed E-state index contributed by atoms with van der Waals surface area (Å²) in [6, 6.07) is 8.72. The highest BCUT2D eigenvalue weighted by atomic mass is 15.3. The molecule has 0 aliphatic carbocycles. The zero-order valence-electron chi connectivity index (χ0n) is 11.6. The number of allylic oxidation sites excluding steroid dienone is 2. The molecule has 0 amide bonds. The molecular weight excluding hydrogens is 220 g/mol. The molecule has 2 nitrogen and oxygen atoms in total. The molecule has 0 atom stereocenters. The molecule has 0 aromatic heterocycles. The topological polar surface area (TPSA) is 6.48 Å². The first-order chi connectivity index (χ1) is 8.47. The molecule has 2 heterocycles. The van der Waals surface area contributed by atoms with Gasteiger partial charge in [-0.15, -0.1) is 0 Å². The number of para-hydroxylation sites is 1. The summed E-state index contributed by atoms with van der Waals surface area (Å²) >= 11 is 0. The molecule has 0 N–H and O–H groups in total. The van der Waals surface area contributed by atoms with Gasteiger partial charge in [0.25, 0.3) is 0 Å². The Hall–Kier alpha value is -1.70. The van der Waals surface area contributed by atoms with Gasteiger partial charge in [0.05, 0.1) is 18.1 Å². The molecule has 1 aromatic carbocycles. The molecule has 0 saturated carbocycles. The molecule has 0 bridgehead atoms. The first-order valence-corrected chi connectivity index (χ1v) is 6.48. The summed E-state index contributed by atoms with van der Waals surface area (Å²) in [7, 11) is 2.12. The van der Waals surface area contributed by atoms with E-state index in [1.807, 2.05) is 0 Å². The predicted molar refractivity (Wildman–Crippen MR) is 77.1 cm³/mol. The first-order valence-electron chi connectivity index (χ1n) is 6.48. The van der Waals surface area contributed by atoms with Gasteiger partial charge in [-0.3, -0.25) is 0 Å². The van der Waals surface area contributed by atoms with E-state index in [2.05, 4.69) is 74.2 Å². The van der Waals surface area contributed by atoms with Crippen LogP contribution in [0.2, 0.25) is 0 Å². The van der Waals surface area contributed by atoms with Crippen LogP contribution in [0.4, 0.5) is 5.69 Å². The molecule has 0 fully saturated rings. The van der Waals surface area contributed by atoms with Crippen molar-refractivity contribution >= 4 is 11.3 Å². The zero-order chi connectivity index (χ0) is 12.9. The van der Waals surface area contributed by atoms with E-state index < -0.39 is 0 Å². The van der Waals surface area contributed by atoms with Gasteiger partial charge in [0.15, 0.2) is 0 Å². The van der Waals surface area contributed by atoms with Crippen molar-refractivity contribution in [3.63, 3.8) is 0 Å². The number of hydrogen-bond donors (Lipinski definition) is 0. The van der Waals surface area contributed by atoms with E-state index >= 15 is 0 Å². The monoisotopic (exact) mass is 240 g/mol. The molecular formula is C16H20N2. The minimum absolute atomic E-state index is 0.171. The van der Waals surface area contributed by atoms with E-state index in [-0.39, 0.29) is 5.41 Å². The highest BCUT2D eigenvalue weighted by molar-refractivity contribution is 5.86. The SMILES string of the molecule is CN1C=C2C=C(C(C)(C)C)c3ccccc3N2C1. The summed E-state index contributed by atoms with van der Waals surface area (Å²) in [4.78, 5) is 4.61. The van der Waals surface area contributed by atoms with Crippen LogP contribution in [0.3, 0.4) is 0 Å². The number of anilines is 1. The maximum atomic E-state index is 2.38. The lowest BCUT2D eigenvalue weighted by atomic mass is 9.79. The quantitative estimate of drug-likeness (QED) is 0.682. The molecule has 0 radical (unpaired) electrons.